The van der Waals surface area contributed by atoms with E-state index in [0.717, 1.165) is 0 Å². The average Bonchev–Trinajstić information content (AvgIpc) is 1.60. The van der Waals surface area contributed by atoms with E-state index in [-0.39, 0.29) is 17.5 Å². The van der Waals surface area contributed by atoms with Crippen LogP contribution in [0.2, 0.25) is 0 Å². The van der Waals surface area contributed by atoms with Crippen molar-refractivity contribution in [3.8, 4) is 0 Å². The molecule has 1 rings (SSSR count). The van der Waals surface area contributed by atoms with E-state index < -0.39 is 9.84 Å². The van der Waals surface area contributed by atoms with Crippen molar-refractivity contribution in [1.82, 2.24) is 5.43 Å². The van der Waals surface area contributed by atoms with Crippen LogP contribution in [0.3, 0.4) is 0 Å². The molecule has 0 unspecified atom stereocenters. The van der Waals surface area contributed by atoms with Crippen molar-refractivity contribution in [2.45, 2.75) is 6.04 Å². The fourth-order valence-electron chi connectivity index (χ4n) is 0.660. The molecule has 0 bridgehead atoms. The molecule has 1 fully saturated rings. The maximum Gasteiger partial charge on any atom is 0.153 e. The maximum atomic E-state index is 10.4. The Morgan fingerprint density at radius 3 is 2.12 bits per heavy atom. The lowest BCUT2D eigenvalue weighted by Crippen LogP contribution is -2.53. The van der Waals surface area contributed by atoms with Gasteiger partial charge >= 0.3 is 0 Å². The van der Waals surface area contributed by atoms with Crippen molar-refractivity contribution in [3.05, 3.63) is 0 Å². The number of nitrogens with two attached hydrogens (primary N) is 1. The minimum atomic E-state index is -2.69. The lowest BCUT2D eigenvalue weighted by atomic mass is 10.4. The number of nitrogens with one attached hydrogen (secondary N) is 1. The predicted octanol–water partition coefficient (Wildman–Crippen LogP) is -1.75. The van der Waals surface area contributed by atoms with Crippen LogP contribution in [-0.4, -0.2) is 26.0 Å². The third-order valence-corrected chi connectivity index (χ3v) is 2.97. The number of sulfone groups is 1. The molecule has 0 aliphatic carbocycles. The van der Waals surface area contributed by atoms with Gasteiger partial charge in [-0.05, 0) is 0 Å². The van der Waals surface area contributed by atoms with Gasteiger partial charge in [0.15, 0.2) is 9.84 Å². The van der Waals surface area contributed by atoms with Crippen molar-refractivity contribution in [2.75, 3.05) is 11.5 Å². The lowest BCUT2D eigenvalue weighted by molar-refractivity contribution is 0.522. The summed E-state index contributed by atoms with van der Waals surface area (Å²) in [6.07, 6.45) is 0. The van der Waals surface area contributed by atoms with Crippen LogP contribution in [0.25, 0.3) is 0 Å². The third-order valence-electron chi connectivity index (χ3n) is 1.15. The zero-order chi connectivity index (χ0) is 6.20. The first-order valence-electron chi connectivity index (χ1n) is 2.30. The second-order valence-electron chi connectivity index (χ2n) is 1.94. The van der Waals surface area contributed by atoms with Gasteiger partial charge in [0, 0.05) is 6.04 Å². The summed E-state index contributed by atoms with van der Waals surface area (Å²) in [5, 5.41) is 0. The van der Waals surface area contributed by atoms with Gasteiger partial charge in [0.05, 0.1) is 11.5 Å². The summed E-state index contributed by atoms with van der Waals surface area (Å²) >= 11 is 0. The maximum absolute atomic E-state index is 10.4. The molecule has 0 radical (unpaired) electrons. The molecule has 0 saturated carbocycles. The summed E-state index contributed by atoms with van der Waals surface area (Å²) in [6, 6.07) is -0.000000000000000444. The zero-order valence-corrected chi connectivity index (χ0v) is 5.11. The highest BCUT2D eigenvalue weighted by Gasteiger charge is 2.31. The van der Waals surface area contributed by atoms with Crippen LogP contribution in [0.1, 0.15) is 0 Å². The molecule has 1 heterocycles. The monoisotopic (exact) mass is 136 g/mol. The molecule has 3 N–H and O–H groups in total. The minimum Gasteiger partial charge on any atom is -0.271 e. The number of hydrogen-bond donors (Lipinski definition) is 2. The summed E-state index contributed by atoms with van der Waals surface area (Å²) in [7, 11) is -2.69. The van der Waals surface area contributed by atoms with E-state index in [0.29, 0.717) is 0 Å². The molecule has 5 heteroatoms. The molecule has 4 nitrogen and oxygen atoms in total. The van der Waals surface area contributed by atoms with Gasteiger partial charge < -0.3 is 0 Å². The molecule has 8 heavy (non-hydrogen) atoms. The molecule has 0 aromatic rings. The fraction of sp³-hybridized carbons (Fsp3) is 1.00. The number of hydrogen-bond acceptors (Lipinski definition) is 4. The Morgan fingerprint density at radius 1 is 1.50 bits per heavy atom. The van der Waals surface area contributed by atoms with Gasteiger partial charge in [-0.25, -0.2) is 8.42 Å². The molecule has 0 spiro atoms. The molecule has 1 aliphatic heterocycles. The van der Waals surface area contributed by atoms with Crippen molar-refractivity contribution >= 4 is 9.84 Å². The van der Waals surface area contributed by atoms with Crippen molar-refractivity contribution < 1.29 is 8.42 Å². The molecular weight excluding hydrogens is 128 g/mol. The first-order valence-corrected chi connectivity index (χ1v) is 4.13. The Hall–Kier alpha value is -0.130. The van der Waals surface area contributed by atoms with Crippen LogP contribution in [-0.2, 0) is 9.84 Å². The van der Waals surface area contributed by atoms with Gasteiger partial charge in [-0.15, -0.1) is 0 Å². The van der Waals surface area contributed by atoms with E-state index in [1.807, 2.05) is 0 Å². The summed E-state index contributed by atoms with van der Waals surface area (Å²) < 4.78 is 20.7. The van der Waals surface area contributed by atoms with Gasteiger partial charge in [-0.2, -0.15) is 0 Å². The van der Waals surface area contributed by atoms with E-state index in [4.69, 9.17) is 5.84 Å². The van der Waals surface area contributed by atoms with Crippen LogP contribution in [0.4, 0.5) is 0 Å². The molecule has 48 valence electrons. The summed E-state index contributed by atoms with van der Waals surface area (Å²) in [5.41, 5.74) is 2.38. The normalized spacial score (nSPS) is 27.1. The Kier molecular flexibility index (Phi) is 1.26. The van der Waals surface area contributed by atoms with Gasteiger partial charge in [-0.3, -0.25) is 11.3 Å². The van der Waals surface area contributed by atoms with Crippen LogP contribution in [0, 0.1) is 0 Å². The standard InChI is InChI=1S/C3H8N2O2S/c4-5-3-1-8(6,7)2-3/h3,5H,1-2,4H2. The summed E-state index contributed by atoms with van der Waals surface area (Å²) in [5.74, 6) is 5.34. The third kappa shape index (κ3) is 0.988. The number of rotatable bonds is 1. The second-order valence-corrected chi connectivity index (χ2v) is 4.09. The Labute approximate surface area is 47.9 Å². The van der Waals surface area contributed by atoms with Gasteiger partial charge in [0.2, 0.25) is 0 Å². The van der Waals surface area contributed by atoms with E-state index in [1.165, 1.54) is 0 Å². The van der Waals surface area contributed by atoms with E-state index in [2.05, 4.69) is 5.43 Å². The molecular formula is C3H8N2O2S. The molecule has 0 aromatic carbocycles. The van der Waals surface area contributed by atoms with Crippen molar-refractivity contribution in [2.24, 2.45) is 5.84 Å². The van der Waals surface area contributed by atoms with Crippen molar-refractivity contribution in [3.63, 3.8) is 0 Å². The molecule has 1 saturated heterocycles. The Balaban J connectivity index is 2.43. The van der Waals surface area contributed by atoms with Crippen molar-refractivity contribution in [1.29, 1.82) is 0 Å². The molecule has 0 atom stereocenters. The zero-order valence-electron chi connectivity index (χ0n) is 4.29. The Morgan fingerprint density at radius 2 is 2.00 bits per heavy atom. The quantitative estimate of drug-likeness (QED) is 0.331. The highest BCUT2D eigenvalue weighted by atomic mass is 32.2. The van der Waals surface area contributed by atoms with Crippen LogP contribution in [0.15, 0.2) is 0 Å². The Bertz CT molecular complexity index is 162. The predicted molar refractivity (Wildman–Crippen MR) is 29.8 cm³/mol. The highest BCUT2D eigenvalue weighted by molar-refractivity contribution is 7.92. The lowest BCUT2D eigenvalue weighted by Gasteiger charge is -2.23. The summed E-state index contributed by atoms with van der Waals surface area (Å²) in [6.45, 7) is 0. The topological polar surface area (TPSA) is 72.2 Å². The van der Waals surface area contributed by atoms with Gasteiger partial charge in [0.25, 0.3) is 0 Å². The SMILES string of the molecule is NNC1CS(=O)(=O)C1. The van der Waals surface area contributed by atoms with E-state index >= 15 is 0 Å². The second kappa shape index (κ2) is 1.68. The van der Waals surface area contributed by atoms with Gasteiger partial charge in [0.1, 0.15) is 0 Å². The first-order chi connectivity index (χ1) is 3.64. The van der Waals surface area contributed by atoms with Crippen LogP contribution >= 0.6 is 0 Å². The van der Waals surface area contributed by atoms with E-state index in [1.54, 1.807) is 0 Å². The van der Waals surface area contributed by atoms with Crippen LogP contribution < -0.4 is 11.3 Å². The van der Waals surface area contributed by atoms with Gasteiger partial charge in [-0.1, -0.05) is 0 Å². The fourth-order valence-corrected chi connectivity index (χ4v) is 1.98. The highest BCUT2D eigenvalue weighted by Crippen LogP contribution is 2.07. The molecule has 0 amide bonds. The first kappa shape index (κ1) is 6.00. The smallest absolute Gasteiger partial charge is 0.153 e. The minimum absolute atomic E-state index is 0.000000000000000444. The number of hydrazine groups is 1. The van der Waals surface area contributed by atoms with E-state index in [9.17, 15) is 8.42 Å². The summed E-state index contributed by atoms with van der Waals surface area (Å²) in [4.78, 5) is 0. The molecule has 0 aromatic heterocycles. The average molecular weight is 136 g/mol. The van der Waals surface area contributed by atoms with Crippen LogP contribution in [0.5, 0.6) is 0 Å². The largest absolute Gasteiger partial charge is 0.271 e. The molecule has 1 aliphatic rings.